The molecule has 9 nitrogen and oxygen atoms in total. The molecule has 0 aliphatic carbocycles. The first kappa shape index (κ1) is 31.1. The minimum Gasteiger partial charge on any atom is -0.466 e. The van der Waals surface area contributed by atoms with Gasteiger partial charge in [0, 0.05) is 49.1 Å². The smallest absolute Gasteiger partial charge is 0.319 e. The summed E-state index contributed by atoms with van der Waals surface area (Å²) in [4.78, 5) is 52.8. The summed E-state index contributed by atoms with van der Waals surface area (Å²) in [5.74, 6) is -0.586. The zero-order valence-corrected chi connectivity index (χ0v) is 24.0. The molecule has 0 bridgehead atoms. The molecule has 0 aliphatic rings. The molecule has 10 heteroatoms. The van der Waals surface area contributed by atoms with Crippen molar-refractivity contribution in [3.8, 4) is 0 Å². The second-order valence-corrected chi connectivity index (χ2v) is 10.7. The lowest BCUT2D eigenvalue weighted by molar-refractivity contribution is -0.144. The molecule has 0 saturated heterocycles. The number of urea groups is 1. The lowest BCUT2D eigenvalue weighted by Crippen LogP contribution is -2.36. The van der Waals surface area contributed by atoms with Crippen LogP contribution in [0, 0.1) is 11.8 Å². The van der Waals surface area contributed by atoms with E-state index in [-0.39, 0.29) is 49.2 Å². The highest BCUT2D eigenvalue weighted by Gasteiger charge is 2.26. The van der Waals surface area contributed by atoms with E-state index in [1.807, 2.05) is 52.0 Å². The van der Waals surface area contributed by atoms with Crippen LogP contribution in [-0.2, 0) is 14.3 Å². The van der Waals surface area contributed by atoms with Crippen LogP contribution in [0.5, 0.6) is 0 Å². The monoisotopic (exact) mass is 546 g/mol. The van der Waals surface area contributed by atoms with Gasteiger partial charge in [0.15, 0.2) is 0 Å². The molecule has 0 radical (unpaired) electrons. The maximum Gasteiger partial charge on any atom is 0.319 e. The van der Waals surface area contributed by atoms with Crippen LogP contribution in [0.15, 0.2) is 24.3 Å². The van der Waals surface area contributed by atoms with E-state index in [9.17, 15) is 19.2 Å². The summed E-state index contributed by atoms with van der Waals surface area (Å²) in [6.07, 6.45) is 1.51. The van der Waals surface area contributed by atoms with Crippen LogP contribution in [0.4, 0.5) is 9.80 Å². The standard InChI is InChI=1S/C28H42N4O5S/c1-6-14-32(15-13-20(17-24(34)37-8-3)16-23(33)30-18-19(4)5)27(35)25-21-11-9-10-12-22(21)38-26(25)31-28(36)29-7-2/h9-12,19-20H,6-8,13-18H2,1-5H3,(H,30,33)(H2,29,31,36). The number of hydrogen-bond donors (Lipinski definition) is 3. The Morgan fingerprint density at radius 3 is 2.39 bits per heavy atom. The summed E-state index contributed by atoms with van der Waals surface area (Å²) in [5, 5.41) is 9.75. The number of benzene rings is 1. The number of ether oxygens (including phenoxy) is 1. The number of rotatable bonds is 15. The van der Waals surface area contributed by atoms with E-state index in [0.29, 0.717) is 49.1 Å². The van der Waals surface area contributed by atoms with Gasteiger partial charge in [-0.05, 0) is 44.6 Å². The second-order valence-electron chi connectivity index (χ2n) is 9.64. The number of hydrogen-bond acceptors (Lipinski definition) is 6. The van der Waals surface area contributed by atoms with Gasteiger partial charge in [0.25, 0.3) is 5.91 Å². The Morgan fingerprint density at radius 2 is 1.74 bits per heavy atom. The normalized spacial score (nSPS) is 11.7. The summed E-state index contributed by atoms with van der Waals surface area (Å²) >= 11 is 1.36. The number of nitrogens with zero attached hydrogens (tertiary/aromatic N) is 1. The van der Waals surface area contributed by atoms with Crippen molar-refractivity contribution in [3.05, 3.63) is 29.8 Å². The van der Waals surface area contributed by atoms with Crippen molar-refractivity contribution in [1.29, 1.82) is 0 Å². The molecule has 0 saturated carbocycles. The van der Waals surface area contributed by atoms with Crippen molar-refractivity contribution in [1.82, 2.24) is 15.5 Å². The third kappa shape index (κ3) is 9.63. The van der Waals surface area contributed by atoms with E-state index in [4.69, 9.17) is 4.74 Å². The Labute approximate surface area is 229 Å². The topological polar surface area (TPSA) is 117 Å². The molecule has 4 amide bonds. The average Bonchev–Trinajstić information content (AvgIpc) is 3.22. The number of carbonyl (C=O) groups is 4. The summed E-state index contributed by atoms with van der Waals surface area (Å²) in [6.45, 7) is 11.8. The first-order valence-electron chi connectivity index (χ1n) is 13.5. The number of fused-ring (bicyclic) bond motifs is 1. The molecule has 2 aromatic rings. The fourth-order valence-corrected chi connectivity index (χ4v) is 5.21. The predicted octanol–water partition coefficient (Wildman–Crippen LogP) is 5.02. The van der Waals surface area contributed by atoms with Crippen LogP contribution in [0.1, 0.15) is 70.7 Å². The zero-order chi connectivity index (χ0) is 28.1. The Bertz CT molecular complexity index is 1080. The van der Waals surface area contributed by atoms with E-state index >= 15 is 0 Å². The van der Waals surface area contributed by atoms with Gasteiger partial charge in [-0.1, -0.05) is 39.0 Å². The quantitative estimate of drug-likeness (QED) is 0.271. The van der Waals surface area contributed by atoms with Crippen molar-refractivity contribution in [3.63, 3.8) is 0 Å². The largest absolute Gasteiger partial charge is 0.466 e. The highest BCUT2D eigenvalue weighted by molar-refractivity contribution is 7.23. The summed E-state index contributed by atoms with van der Waals surface area (Å²) in [6, 6.07) is 7.22. The third-order valence-electron chi connectivity index (χ3n) is 5.90. The van der Waals surface area contributed by atoms with Crippen molar-refractivity contribution in [2.45, 2.75) is 60.3 Å². The molecule has 38 heavy (non-hydrogen) atoms. The van der Waals surface area contributed by atoms with Crippen LogP contribution >= 0.6 is 11.3 Å². The molecule has 210 valence electrons. The zero-order valence-electron chi connectivity index (χ0n) is 23.2. The molecule has 0 aliphatic heterocycles. The van der Waals surface area contributed by atoms with E-state index in [1.165, 1.54) is 11.3 Å². The first-order chi connectivity index (χ1) is 18.2. The fourth-order valence-electron chi connectivity index (χ4n) is 4.12. The molecular weight excluding hydrogens is 504 g/mol. The molecule has 1 unspecified atom stereocenters. The van der Waals surface area contributed by atoms with Gasteiger partial charge in [0.2, 0.25) is 5.91 Å². The Kier molecular flexibility index (Phi) is 13.1. The number of thiophene rings is 1. The van der Waals surface area contributed by atoms with E-state index in [1.54, 1.807) is 11.8 Å². The summed E-state index contributed by atoms with van der Waals surface area (Å²) in [7, 11) is 0. The lowest BCUT2D eigenvalue weighted by atomic mass is 9.96. The van der Waals surface area contributed by atoms with Gasteiger partial charge in [0.1, 0.15) is 5.00 Å². The second kappa shape index (κ2) is 16.0. The summed E-state index contributed by atoms with van der Waals surface area (Å²) in [5.41, 5.74) is 0.460. The maximum atomic E-state index is 13.9. The molecule has 2 rings (SSSR count). The van der Waals surface area contributed by atoms with Crippen molar-refractivity contribution in [2.75, 3.05) is 38.1 Å². The SMILES string of the molecule is CCCN(CCC(CC(=O)NCC(C)C)CC(=O)OCC)C(=O)c1c(NC(=O)NCC)sc2ccccc12. The van der Waals surface area contributed by atoms with Gasteiger partial charge in [0.05, 0.1) is 12.2 Å². The first-order valence-corrected chi connectivity index (χ1v) is 14.3. The number of amides is 4. The van der Waals surface area contributed by atoms with E-state index in [0.717, 1.165) is 16.5 Å². The van der Waals surface area contributed by atoms with Gasteiger partial charge >= 0.3 is 12.0 Å². The van der Waals surface area contributed by atoms with Crippen LogP contribution in [-0.4, -0.2) is 61.5 Å². The highest BCUT2D eigenvalue weighted by atomic mass is 32.1. The van der Waals surface area contributed by atoms with Crippen LogP contribution < -0.4 is 16.0 Å². The number of nitrogens with one attached hydrogen (secondary N) is 3. The molecule has 3 N–H and O–H groups in total. The van der Waals surface area contributed by atoms with Crippen LogP contribution in [0.25, 0.3) is 10.1 Å². The van der Waals surface area contributed by atoms with E-state index < -0.39 is 0 Å². The summed E-state index contributed by atoms with van der Waals surface area (Å²) < 4.78 is 6.04. The van der Waals surface area contributed by atoms with Gasteiger partial charge in [-0.25, -0.2) is 4.79 Å². The van der Waals surface area contributed by atoms with Crippen LogP contribution in [0.2, 0.25) is 0 Å². The average molecular weight is 547 g/mol. The fraction of sp³-hybridized carbons (Fsp3) is 0.571. The van der Waals surface area contributed by atoms with Crippen molar-refractivity contribution in [2.24, 2.45) is 11.8 Å². The Balaban J connectivity index is 2.26. The van der Waals surface area contributed by atoms with E-state index in [2.05, 4.69) is 16.0 Å². The number of anilines is 1. The third-order valence-corrected chi connectivity index (χ3v) is 6.99. The van der Waals surface area contributed by atoms with Gasteiger partial charge in [-0.3, -0.25) is 19.7 Å². The Hall–Kier alpha value is -3.14. The maximum absolute atomic E-state index is 13.9. The minimum atomic E-state index is -0.364. The highest BCUT2D eigenvalue weighted by Crippen LogP contribution is 2.36. The molecule has 0 fully saturated rings. The van der Waals surface area contributed by atoms with Crippen molar-refractivity contribution < 1.29 is 23.9 Å². The minimum absolute atomic E-state index is 0.112. The van der Waals surface area contributed by atoms with Gasteiger partial charge < -0.3 is 20.3 Å². The molecule has 1 aromatic carbocycles. The van der Waals surface area contributed by atoms with Crippen LogP contribution in [0.3, 0.4) is 0 Å². The Morgan fingerprint density at radius 1 is 1.00 bits per heavy atom. The lowest BCUT2D eigenvalue weighted by Gasteiger charge is -2.25. The molecule has 1 heterocycles. The van der Waals surface area contributed by atoms with Crippen molar-refractivity contribution >= 4 is 50.2 Å². The van der Waals surface area contributed by atoms with Gasteiger partial charge in [-0.2, -0.15) is 0 Å². The molecular formula is C28H42N4O5S. The van der Waals surface area contributed by atoms with Gasteiger partial charge in [-0.15, -0.1) is 11.3 Å². The molecule has 0 spiro atoms. The molecule has 1 atom stereocenters. The predicted molar refractivity (Wildman–Crippen MR) is 153 cm³/mol. The molecule has 1 aromatic heterocycles. The number of esters is 1. The number of carbonyl (C=O) groups excluding carboxylic acids is 4.